The molecule has 3 aromatic rings. The molecular weight excluding hydrogens is 360 g/mol. The summed E-state index contributed by atoms with van der Waals surface area (Å²) >= 11 is 0. The fourth-order valence-electron chi connectivity index (χ4n) is 3.94. The zero-order valence-electron chi connectivity index (χ0n) is 15.8. The molecule has 0 saturated carbocycles. The summed E-state index contributed by atoms with van der Waals surface area (Å²) in [6, 6.07) is 10.6. The van der Waals surface area contributed by atoms with Crippen LogP contribution in [-0.4, -0.2) is 29.5 Å². The second kappa shape index (κ2) is 6.04. The third-order valence-electron chi connectivity index (χ3n) is 5.52. The molecule has 2 unspecified atom stereocenters. The molecule has 2 atom stereocenters. The molecule has 0 aliphatic carbocycles. The maximum atomic E-state index is 13.0. The second-order valence-corrected chi connectivity index (χ2v) is 9.11. The molecule has 0 radical (unpaired) electrons. The summed E-state index contributed by atoms with van der Waals surface area (Å²) in [6.07, 6.45) is 1.95. The van der Waals surface area contributed by atoms with Gasteiger partial charge in [-0.1, -0.05) is 18.2 Å². The molecule has 27 heavy (non-hydrogen) atoms. The lowest BCUT2D eigenvalue weighted by molar-refractivity contribution is -0.120. The van der Waals surface area contributed by atoms with Gasteiger partial charge >= 0.3 is 0 Å². The minimum atomic E-state index is -3.67. The Balaban J connectivity index is 1.85. The zero-order chi connectivity index (χ0) is 19.5. The minimum Gasteiger partial charge on any atom is -0.361 e. The van der Waals surface area contributed by atoms with Crippen molar-refractivity contribution in [1.82, 2.24) is 9.29 Å². The van der Waals surface area contributed by atoms with Gasteiger partial charge in [0.2, 0.25) is 10.0 Å². The smallest absolute Gasteiger partial charge is 0.244 e. The Bertz CT molecular complexity index is 1180. The molecule has 0 bridgehead atoms. The first-order chi connectivity index (χ1) is 12.7. The highest BCUT2D eigenvalue weighted by molar-refractivity contribution is 7.89. The number of aryl methyl sites for hydroxylation is 1. The van der Waals surface area contributed by atoms with Gasteiger partial charge in [-0.05, 0) is 62.6 Å². The number of rotatable bonds is 3. The van der Waals surface area contributed by atoms with Crippen LogP contribution in [0.15, 0.2) is 47.5 Å². The first-order valence-electron chi connectivity index (χ1n) is 8.98. The monoisotopic (exact) mass is 382 g/mol. The van der Waals surface area contributed by atoms with Crippen LogP contribution in [0.2, 0.25) is 0 Å². The van der Waals surface area contributed by atoms with Gasteiger partial charge in [-0.15, -0.1) is 0 Å². The zero-order valence-corrected chi connectivity index (χ0v) is 16.6. The summed E-state index contributed by atoms with van der Waals surface area (Å²) in [6.45, 7) is 6.96. The molecule has 6 heteroatoms. The van der Waals surface area contributed by atoms with Gasteiger partial charge in [0.1, 0.15) is 5.78 Å². The predicted molar refractivity (Wildman–Crippen MR) is 106 cm³/mol. The van der Waals surface area contributed by atoms with E-state index in [9.17, 15) is 13.2 Å². The number of aromatic nitrogens is 1. The number of fused-ring (bicyclic) bond motifs is 2. The Hall–Kier alpha value is -2.44. The topological polar surface area (TPSA) is 70.2 Å². The predicted octanol–water partition coefficient (Wildman–Crippen LogP) is 4.19. The molecule has 1 aliphatic rings. The molecule has 2 aromatic carbocycles. The molecule has 1 N–H and O–H groups in total. The highest BCUT2D eigenvalue weighted by atomic mass is 32.2. The third kappa shape index (κ3) is 2.63. The maximum absolute atomic E-state index is 13.0. The molecular formula is C21H22N2O3S. The van der Waals surface area contributed by atoms with Crippen molar-refractivity contribution in [1.29, 1.82) is 0 Å². The molecule has 2 heterocycles. The van der Waals surface area contributed by atoms with Crippen LogP contribution in [0.5, 0.6) is 0 Å². The average Bonchev–Trinajstić information content (AvgIpc) is 3.11. The van der Waals surface area contributed by atoms with Crippen LogP contribution < -0.4 is 0 Å². The lowest BCUT2D eigenvalue weighted by atomic mass is 9.99. The summed E-state index contributed by atoms with van der Waals surface area (Å²) in [7, 11) is -3.67. The van der Waals surface area contributed by atoms with E-state index >= 15 is 0 Å². The van der Waals surface area contributed by atoms with E-state index in [-0.39, 0.29) is 11.8 Å². The van der Waals surface area contributed by atoms with E-state index in [0.29, 0.717) is 4.90 Å². The quantitative estimate of drug-likeness (QED) is 0.738. The number of Topliss-reactive ketones (excluding diaryl/α,β-unsaturated/α-hetero) is 1. The van der Waals surface area contributed by atoms with Gasteiger partial charge in [-0.25, -0.2) is 8.42 Å². The lowest BCUT2D eigenvalue weighted by Crippen LogP contribution is -2.39. The van der Waals surface area contributed by atoms with Crippen LogP contribution in [0.25, 0.3) is 22.0 Å². The molecule has 0 spiro atoms. The summed E-state index contributed by atoms with van der Waals surface area (Å²) in [5.74, 6) is -0.162. The standard InChI is InChI=1S/C21H22N2O3S/c1-12-5-7-17-19(11-22-20(17)9-12)16-6-8-21-18(10-16)14(3)23(27(21,25)26)13(2)15(4)24/h5-11,13-14,22H,1-4H3. The van der Waals surface area contributed by atoms with Crippen molar-refractivity contribution in [3.63, 3.8) is 0 Å². The molecule has 1 aromatic heterocycles. The summed E-state index contributed by atoms with van der Waals surface area (Å²) in [5.41, 5.74) is 4.97. The van der Waals surface area contributed by atoms with E-state index in [4.69, 9.17) is 0 Å². The average molecular weight is 382 g/mol. The van der Waals surface area contributed by atoms with Crippen molar-refractivity contribution in [3.8, 4) is 11.1 Å². The summed E-state index contributed by atoms with van der Waals surface area (Å²) in [5, 5.41) is 1.10. The van der Waals surface area contributed by atoms with E-state index in [2.05, 4.69) is 23.2 Å². The van der Waals surface area contributed by atoms with E-state index in [1.807, 2.05) is 32.2 Å². The molecule has 5 nitrogen and oxygen atoms in total. The summed E-state index contributed by atoms with van der Waals surface area (Å²) in [4.78, 5) is 15.4. The maximum Gasteiger partial charge on any atom is 0.244 e. The van der Waals surface area contributed by atoms with Crippen molar-refractivity contribution in [2.75, 3.05) is 0 Å². The van der Waals surface area contributed by atoms with Crippen molar-refractivity contribution in [3.05, 3.63) is 53.7 Å². The van der Waals surface area contributed by atoms with E-state index in [0.717, 1.165) is 27.6 Å². The van der Waals surface area contributed by atoms with Crippen LogP contribution >= 0.6 is 0 Å². The van der Waals surface area contributed by atoms with E-state index in [1.54, 1.807) is 13.0 Å². The number of hydrogen-bond donors (Lipinski definition) is 1. The van der Waals surface area contributed by atoms with Crippen molar-refractivity contribution in [2.45, 2.75) is 44.7 Å². The van der Waals surface area contributed by atoms with Crippen LogP contribution in [0.1, 0.15) is 37.9 Å². The van der Waals surface area contributed by atoms with Crippen LogP contribution in [-0.2, 0) is 14.8 Å². The highest BCUT2D eigenvalue weighted by Gasteiger charge is 2.44. The second-order valence-electron chi connectivity index (χ2n) is 7.30. The Morgan fingerprint density at radius 2 is 1.93 bits per heavy atom. The fourth-order valence-corrected chi connectivity index (χ4v) is 6.03. The Morgan fingerprint density at radius 3 is 2.63 bits per heavy atom. The number of hydrogen-bond acceptors (Lipinski definition) is 3. The van der Waals surface area contributed by atoms with E-state index in [1.165, 1.54) is 16.8 Å². The minimum absolute atomic E-state index is 0.162. The van der Waals surface area contributed by atoms with Crippen molar-refractivity contribution >= 4 is 26.7 Å². The number of carbonyl (C=O) groups is 1. The Labute approximate surface area is 159 Å². The number of benzene rings is 2. The Morgan fingerprint density at radius 1 is 1.19 bits per heavy atom. The molecule has 140 valence electrons. The number of carbonyl (C=O) groups excluding carboxylic acids is 1. The molecule has 0 amide bonds. The first kappa shape index (κ1) is 17.9. The number of ketones is 1. The number of sulfonamides is 1. The number of nitrogens with zero attached hydrogens (tertiary/aromatic N) is 1. The molecule has 0 saturated heterocycles. The van der Waals surface area contributed by atoms with Gasteiger partial charge in [0.15, 0.2) is 0 Å². The van der Waals surface area contributed by atoms with Gasteiger partial charge in [0.05, 0.1) is 10.9 Å². The number of aromatic amines is 1. The third-order valence-corrected chi connectivity index (χ3v) is 7.63. The van der Waals surface area contributed by atoms with Crippen molar-refractivity contribution < 1.29 is 13.2 Å². The van der Waals surface area contributed by atoms with Gasteiger partial charge in [0, 0.05) is 28.7 Å². The van der Waals surface area contributed by atoms with Gasteiger partial charge in [-0.3, -0.25) is 4.79 Å². The lowest BCUT2D eigenvalue weighted by Gasteiger charge is -2.25. The molecule has 4 rings (SSSR count). The normalized spacial score (nSPS) is 19.9. The van der Waals surface area contributed by atoms with E-state index < -0.39 is 16.1 Å². The number of H-pyrrole nitrogens is 1. The van der Waals surface area contributed by atoms with Crippen LogP contribution in [0.3, 0.4) is 0 Å². The van der Waals surface area contributed by atoms with Gasteiger partial charge in [0.25, 0.3) is 0 Å². The molecule has 1 aliphatic heterocycles. The number of nitrogens with one attached hydrogen (secondary N) is 1. The molecule has 0 fully saturated rings. The Kier molecular flexibility index (Phi) is 4.01. The van der Waals surface area contributed by atoms with Crippen LogP contribution in [0, 0.1) is 6.92 Å². The highest BCUT2D eigenvalue weighted by Crippen LogP contribution is 2.43. The van der Waals surface area contributed by atoms with Gasteiger partial charge < -0.3 is 4.98 Å². The van der Waals surface area contributed by atoms with Crippen molar-refractivity contribution in [2.24, 2.45) is 0 Å². The SMILES string of the molecule is CC(=O)C(C)N1C(C)c2cc(-c3c[nH]c4cc(C)ccc34)ccc2S1(=O)=O. The fraction of sp³-hybridized carbons (Fsp3) is 0.286. The van der Waals surface area contributed by atoms with Crippen LogP contribution in [0.4, 0.5) is 0 Å². The largest absolute Gasteiger partial charge is 0.361 e. The van der Waals surface area contributed by atoms with Gasteiger partial charge in [-0.2, -0.15) is 4.31 Å². The first-order valence-corrected chi connectivity index (χ1v) is 10.4. The summed E-state index contributed by atoms with van der Waals surface area (Å²) < 4.78 is 27.2.